The van der Waals surface area contributed by atoms with Crippen LogP contribution in [-0.4, -0.2) is 33.9 Å². The van der Waals surface area contributed by atoms with Gasteiger partial charge >= 0.3 is 0 Å². The molecule has 2 aromatic heterocycles. The highest BCUT2D eigenvalue weighted by Crippen LogP contribution is 2.36. The van der Waals surface area contributed by atoms with E-state index >= 15 is 0 Å². The number of benzene rings is 1. The zero-order chi connectivity index (χ0) is 18.7. The van der Waals surface area contributed by atoms with E-state index in [0.717, 1.165) is 53.3 Å². The molecule has 2 heterocycles. The average Bonchev–Trinajstić information content (AvgIpc) is 3.02. The van der Waals surface area contributed by atoms with E-state index in [-0.39, 0.29) is 0 Å². The molecule has 3 aromatic rings. The van der Waals surface area contributed by atoms with Crippen molar-refractivity contribution in [3.8, 4) is 0 Å². The van der Waals surface area contributed by atoms with Crippen LogP contribution < -0.4 is 5.73 Å². The molecule has 138 valence electrons. The number of nitrogen functional groups attached to an aromatic ring is 1. The maximum Gasteiger partial charge on any atom is 0.151 e. The SMILES string of the molecule is CCCCc1nc2c(N)nc(C)c(Sc3ccc(CN(C)C)cc3)c2[nH]1. The molecular formula is C20H27N5S. The Bertz CT molecular complexity index is 883. The van der Waals surface area contributed by atoms with E-state index in [4.69, 9.17) is 5.73 Å². The molecule has 0 aliphatic heterocycles. The number of unbranched alkanes of at least 4 members (excludes halogenated alkanes) is 1. The van der Waals surface area contributed by atoms with E-state index in [0.29, 0.717) is 5.82 Å². The van der Waals surface area contributed by atoms with Gasteiger partial charge < -0.3 is 15.6 Å². The van der Waals surface area contributed by atoms with Crippen LogP contribution >= 0.6 is 11.8 Å². The average molecular weight is 370 g/mol. The van der Waals surface area contributed by atoms with Crippen molar-refractivity contribution in [2.24, 2.45) is 0 Å². The van der Waals surface area contributed by atoms with E-state index in [1.165, 1.54) is 10.5 Å². The Morgan fingerprint density at radius 3 is 2.54 bits per heavy atom. The summed E-state index contributed by atoms with van der Waals surface area (Å²) in [4.78, 5) is 17.1. The number of pyridine rings is 1. The third-order valence-corrected chi connectivity index (χ3v) is 5.46. The fraction of sp³-hybridized carbons (Fsp3) is 0.400. The van der Waals surface area contributed by atoms with Crippen LogP contribution in [0.4, 0.5) is 5.82 Å². The summed E-state index contributed by atoms with van der Waals surface area (Å²) in [5.41, 5.74) is 10.1. The summed E-state index contributed by atoms with van der Waals surface area (Å²) in [6.45, 7) is 5.13. The number of H-pyrrole nitrogens is 1. The number of hydrogen-bond acceptors (Lipinski definition) is 5. The Kier molecular flexibility index (Phi) is 5.84. The fourth-order valence-electron chi connectivity index (χ4n) is 2.97. The number of hydrogen-bond donors (Lipinski definition) is 2. The lowest BCUT2D eigenvalue weighted by atomic mass is 10.2. The van der Waals surface area contributed by atoms with E-state index in [1.807, 2.05) is 6.92 Å². The Morgan fingerprint density at radius 1 is 1.15 bits per heavy atom. The van der Waals surface area contributed by atoms with Crippen LogP contribution in [-0.2, 0) is 13.0 Å². The molecule has 0 saturated heterocycles. The van der Waals surface area contributed by atoms with Gasteiger partial charge in [-0.2, -0.15) is 0 Å². The molecule has 5 nitrogen and oxygen atoms in total. The highest BCUT2D eigenvalue weighted by atomic mass is 32.2. The van der Waals surface area contributed by atoms with Gasteiger partial charge in [-0.1, -0.05) is 37.2 Å². The summed E-state index contributed by atoms with van der Waals surface area (Å²) in [6.07, 6.45) is 3.19. The Balaban J connectivity index is 1.92. The molecule has 0 aliphatic carbocycles. The lowest BCUT2D eigenvalue weighted by molar-refractivity contribution is 0.402. The molecule has 26 heavy (non-hydrogen) atoms. The zero-order valence-corrected chi connectivity index (χ0v) is 16.8. The third-order valence-electron chi connectivity index (χ3n) is 4.25. The molecule has 3 N–H and O–H groups in total. The minimum Gasteiger partial charge on any atom is -0.382 e. The predicted octanol–water partition coefficient (Wildman–Crippen LogP) is 4.40. The van der Waals surface area contributed by atoms with Crippen molar-refractivity contribution in [2.75, 3.05) is 19.8 Å². The van der Waals surface area contributed by atoms with Crippen molar-refractivity contribution in [1.82, 2.24) is 19.9 Å². The first kappa shape index (κ1) is 18.7. The van der Waals surface area contributed by atoms with E-state index in [1.54, 1.807) is 11.8 Å². The summed E-state index contributed by atoms with van der Waals surface area (Å²) in [6, 6.07) is 8.69. The van der Waals surface area contributed by atoms with Crippen LogP contribution in [0.3, 0.4) is 0 Å². The quantitative estimate of drug-likeness (QED) is 0.646. The molecule has 0 spiro atoms. The highest BCUT2D eigenvalue weighted by Gasteiger charge is 2.15. The number of aromatic nitrogens is 3. The number of rotatable bonds is 7. The van der Waals surface area contributed by atoms with Gasteiger partial charge in [0.2, 0.25) is 0 Å². The lowest BCUT2D eigenvalue weighted by Gasteiger charge is -2.11. The van der Waals surface area contributed by atoms with Crippen LogP contribution in [0.25, 0.3) is 11.0 Å². The van der Waals surface area contributed by atoms with Gasteiger partial charge in [-0.25, -0.2) is 9.97 Å². The summed E-state index contributed by atoms with van der Waals surface area (Å²) in [5, 5.41) is 0. The van der Waals surface area contributed by atoms with Crippen LogP contribution in [0, 0.1) is 6.92 Å². The lowest BCUT2D eigenvalue weighted by Crippen LogP contribution is -2.10. The van der Waals surface area contributed by atoms with Crippen molar-refractivity contribution in [3.05, 3.63) is 41.3 Å². The van der Waals surface area contributed by atoms with Crippen molar-refractivity contribution in [1.29, 1.82) is 0 Å². The Labute approximate surface area is 159 Å². The number of nitrogens with one attached hydrogen (secondary N) is 1. The first-order chi connectivity index (χ1) is 12.5. The molecule has 0 radical (unpaired) electrons. The molecule has 1 aromatic carbocycles. The summed E-state index contributed by atoms with van der Waals surface area (Å²) < 4.78 is 0. The molecule has 0 saturated carbocycles. The first-order valence-corrected chi connectivity index (χ1v) is 9.85. The zero-order valence-electron chi connectivity index (χ0n) is 16.0. The normalized spacial score (nSPS) is 11.6. The standard InChI is InChI=1S/C20H27N5S/c1-5-6-7-16-23-17-18(24-16)20(21)22-13(2)19(17)26-15-10-8-14(9-11-15)12-25(3)4/h8-11H,5-7,12H2,1-4H3,(H2,21,22)(H,23,24). The van der Waals surface area contributed by atoms with E-state index in [2.05, 4.69) is 65.1 Å². The molecule has 0 atom stereocenters. The Morgan fingerprint density at radius 2 is 1.88 bits per heavy atom. The van der Waals surface area contributed by atoms with Crippen LogP contribution in [0.5, 0.6) is 0 Å². The van der Waals surface area contributed by atoms with Crippen molar-refractivity contribution >= 4 is 28.6 Å². The van der Waals surface area contributed by atoms with Gasteiger partial charge in [0, 0.05) is 17.9 Å². The first-order valence-electron chi connectivity index (χ1n) is 9.04. The van der Waals surface area contributed by atoms with Crippen molar-refractivity contribution < 1.29 is 0 Å². The summed E-state index contributed by atoms with van der Waals surface area (Å²) in [5.74, 6) is 1.49. The second-order valence-corrected chi connectivity index (χ2v) is 7.99. The number of imidazole rings is 1. The Hall–Kier alpha value is -2.05. The smallest absolute Gasteiger partial charge is 0.151 e. The van der Waals surface area contributed by atoms with Crippen molar-refractivity contribution in [2.45, 2.75) is 49.4 Å². The molecule has 0 fully saturated rings. The van der Waals surface area contributed by atoms with Crippen LogP contribution in [0.1, 0.15) is 36.8 Å². The van der Waals surface area contributed by atoms with Gasteiger partial charge in [0.1, 0.15) is 11.3 Å². The van der Waals surface area contributed by atoms with Gasteiger partial charge in [0.05, 0.1) is 16.1 Å². The monoisotopic (exact) mass is 369 g/mol. The molecule has 0 aliphatic rings. The topological polar surface area (TPSA) is 70.8 Å². The molecule has 0 bridgehead atoms. The van der Waals surface area contributed by atoms with Crippen LogP contribution in [0.2, 0.25) is 0 Å². The molecule has 0 amide bonds. The molecule has 0 unspecified atom stereocenters. The van der Waals surface area contributed by atoms with Gasteiger partial charge in [0.25, 0.3) is 0 Å². The number of nitrogens with zero attached hydrogens (tertiary/aromatic N) is 3. The number of anilines is 1. The highest BCUT2D eigenvalue weighted by molar-refractivity contribution is 7.99. The predicted molar refractivity (Wildman–Crippen MR) is 110 cm³/mol. The molecule has 6 heteroatoms. The molecular weight excluding hydrogens is 342 g/mol. The second kappa shape index (κ2) is 8.10. The van der Waals surface area contributed by atoms with E-state index in [9.17, 15) is 0 Å². The molecule has 3 rings (SSSR count). The van der Waals surface area contributed by atoms with Gasteiger partial charge in [-0.15, -0.1) is 0 Å². The largest absolute Gasteiger partial charge is 0.382 e. The van der Waals surface area contributed by atoms with Gasteiger partial charge in [0.15, 0.2) is 5.82 Å². The maximum atomic E-state index is 6.12. The maximum absolute atomic E-state index is 6.12. The summed E-state index contributed by atoms with van der Waals surface area (Å²) >= 11 is 1.71. The van der Waals surface area contributed by atoms with E-state index < -0.39 is 0 Å². The number of nitrogens with two attached hydrogens (primary N) is 1. The van der Waals surface area contributed by atoms with Crippen molar-refractivity contribution in [3.63, 3.8) is 0 Å². The fourth-order valence-corrected chi connectivity index (χ4v) is 3.92. The summed E-state index contributed by atoms with van der Waals surface area (Å²) in [7, 11) is 4.16. The third kappa shape index (κ3) is 4.19. The minimum absolute atomic E-state index is 0.502. The van der Waals surface area contributed by atoms with Gasteiger partial charge in [-0.3, -0.25) is 0 Å². The van der Waals surface area contributed by atoms with Gasteiger partial charge in [-0.05, 0) is 45.1 Å². The van der Waals surface area contributed by atoms with Crippen LogP contribution in [0.15, 0.2) is 34.1 Å². The minimum atomic E-state index is 0.502. The second-order valence-electron chi connectivity index (χ2n) is 6.91. The number of aryl methyl sites for hydroxylation is 2. The number of fused-ring (bicyclic) bond motifs is 1. The number of aromatic amines is 1.